The van der Waals surface area contributed by atoms with Crippen LogP contribution in [0.1, 0.15) is 19.8 Å². The maximum atomic E-state index is 5.83. The third-order valence-electron chi connectivity index (χ3n) is 3.59. The summed E-state index contributed by atoms with van der Waals surface area (Å²) in [7, 11) is 0. The van der Waals surface area contributed by atoms with Crippen molar-refractivity contribution >= 4 is 22.4 Å². The van der Waals surface area contributed by atoms with Gasteiger partial charge < -0.3 is 15.8 Å². The van der Waals surface area contributed by atoms with Crippen molar-refractivity contribution in [3.05, 3.63) is 24.5 Å². The van der Waals surface area contributed by atoms with E-state index in [1.54, 1.807) is 6.33 Å². The van der Waals surface area contributed by atoms with Crippen molar-refractivity contribution in [3.63, 3.8) is 0 Å². The fraction of sp³-hybridized carbons (Fsp3) is 0.429. The van der Waals surface area contributed by atoms with Gasteiger partial charge in [-0.3, -0.25) is 0 Å². The molecule has 1 aromatic carbocycles. The Bertz CT molecular complexity index is 593. The summed E-state index contributed by atoms with van der Waals surface area (Å²) in [6.07, 6.45) is 3.76. The molecule has 0 aliphatic carbocycles. The van der Waals surface area contributed by atoms with Crippen LogP contribution in [0.2, 0.25) is 0 Å². The number of benzene rings is 1. The second kappa shape index (κ2) is 4.66. The van der Waals surface area contributed by atoms with Gasteiger partial charge in [0.1, 0.15) is 12.1 Å². The fourth-order valence-corrected chi connectivity index (χ4v) is 2.46. The Morgan fingerprint density at radius 1 is 1.42 bits per heavy atom. The molecular formula is C14H18N4O. The fourth-order valence-electron chi connectivity index (χ4n) is 2.46. The van der Waals surface area contributed by atoms with Gasteiger partial charge in [-0.05, 0) is 38.0 Å². The molecule has 1 aromatic heterocycles. The van der Waals surface area contributed by atoms with Gasteiger partial charge in [-0.1, -0.05) is 0 Å². The van der Waals surface area contributed by atoms with Crippen molar-refractivity contribution in [1.82, 2.24) is 9.97 Å². The number of fused-ring (bicyclic) bond motifs is 1. The van der Waals surface area contributed by atoms with Crippen LogP contribution in [-0.2, 0) is 4.74 Å². The monoisotopic (exact) mass is 258 g/mol. The molecule has 0 bridgehead atoms. The molecule has 3 N–H and O–H groups in total. The van der Waals surface area contributed by atoms with Gasteiger partial charge in [0, 0.05) is 24.2 Å². The topological polar surface area (TPSA) is 73.1 Å². The average Bonchev–Trinajstić information content (AvgIpc) is 2.84. The van der Waals surface area contributed by atoms with E-state index >= 15 is 0 Å². The van der Waals surface area contributed by atoms with Gasteiger partial charge >= 0.3 is 0 Å². The molecule has 1 saturated heterocycles. The molecule has 100 valence electrons. The van der Waals surface area contributed by atoms with Crippen LogP contribution < -0.4 is 11.1 Å². The van der Waals surface area contributed by atoms with Gasteiger partial charge in [0.05, 0.1) is 11.1 Å². The number of nitrogens with zero attached hydrogens (tertiary/aromatic N) is 2. The second-order valence-corrected chi connectivity index (χ2v) is 5.25. The molecule has 1 unspecified atom stereocenters. The van der Waals surface area contributed by atoms with E-state index in [1.165, 1.54) is 0 Å². The highest BCUT2D eigenvalue weighted by Crippen LogP contribution is 2.27. The molecule has 2 aromatic rings. The Morgan fingerprint density at radius 3 is 3.11 bits per heavy atom. The van der Waals surface area contributed by atoms with Crippen LogP contribution in [0.5, 0.6) is 0 Å². The number of nitrogens with one attached hydrogen (secondary N) is 1. The third-order valence-corrected chi connectivity index (χ3v) is 3.59. The maximum absolute atomic E-state index is 5.83. The van der Waals surface area contributed by atoms with Crippen molar-refractivity contribution in [2.24, 2.45) is 0 Å². The Hall–Kier alpha value is -1.88. The van der Waals surface area contributed by atoms with E-state index < -0.39 is 0 Å². The highest BCUT2D eigenvalue weighted by atomic mass is 16.5. The van der Waals surface area contributed by atoms with Crippen molar-refractivity contribution in [3.8, 4) is 0 Å². The van der Waals surface area contributed by atoms with Gasteiger partial charge in [-0.2, -0.15) is 0 Å². The van der Waals surface area contributed by atoms with E-state index in [9.17, 15) is 0 Å². The number of aromatic nitrogens is 2. The molecule has 1 fully saturated rings. The first kappa shape index (κ1) is 12.2. The lowest BCUT2D eigenvalue weighted by molar-refractivity contribution is 0.0315. The van der Waals surface area contributed by atoms with E-state index in [-0.39, 0.29) is 5.60 Å². The van der Waals surface area contributed by atoms with Crippen LogP contribution in [0.3, 0.4) is 0 Å². The molecule has 2 heterocycles. The minimum absolute atomic E-state index is 0.0996. The lowest BCUT2D eigenvalue weighted by Gasteiger charge is -2.24. The number of nitrogens with two attached hydrogens (primary N) is 1. The summed E-state index contributed by atoms with van der Waals surface area (Å²) in [5.41, 5.74) is 7.34. The maximum Gasteiger partial charge on any atom is 0.137 e. The van der Waals surface area contributed by atoms with Crippen LogP contribution in [0.4, 0.5) is 11.5 Å². The van der Waals surface area contributed by atoms with Gasteiger partial charge in [0.25, 0.3) is 0 Å². The summed E-state index contributed by atoms with van der Waals surface area (Å²) in [5.74, 6) is 0.814. The standard InChI is InChI=1S/C14H18N4O/c1-14(5-2-6-19-14)8-16-13-11-7-10(15)3-4-12(11)17-9-18-13/h3-4,7,9H,2,5-6,8,15H2,1H3,(H,16,17,18). The Balaban J connectivity index is 1.86. The molecule has 1 atom stereocenters. The Morgan fingerprint density at radius 2 is 2.32 bits per heavy atom. The summed E-state index contributed by atoms with van der Waals surface area (Å²) in [4.78, 5) is 8.55. The van der Waals surface area contributed by atoms with Gasteiger partial charge in [0.2, 0.25) is 0 Å². The predicted molar refractivity (Wildman–Crippen MR) is 76.0 cm³/mol. The molecule has 1 aliphatic heterocycles. The molecule has 0 spiro atoms. The highest BCUT2D eigenvalue weighted by Gasteiger charge is 2.29. The van der Waals surface area contributed by atoms with Crippen molar-refractivity contribution in [1.29, 1.82) is 0 Å². The van der Waals surface area contributed by atoms with E-state index in [2.05, 4.69) is 22.2 Å². The van der Waals surface area contributed by atoms with Crippen molar-refractivity contribution in [2.75, 3.05) is 24.2 Å². The van der Waals surface area contributed by atoms with E-state index in [4.69, 9.17) is 10.5 Å². The largest absolute Gasteiger partial charge is 0.399 e. The van der Waals surface area contributed by atoms with E-state index in [0.29, 0.717) is 5.69 Å². The molecule has 0 saturated carbocycles. The number of hydrogen-bond acceptors (Lipinski definition) is 5. The molecule has 0 radical (unpaired) electrons. The average molecular weight is 258 g/mol. The number of anilines is 2. The smallest absolute Gasteiger partial charge is 0.137 e. The predicted octanol–water partition coefficient (Wildman–Crippen LogP) is 2.19. The molecule has 3 rings (SSSR count). The van der Waals surface area contributed by atoms with Gasteiger partial charge in [-0.25, -0.2) is 9.97 Å². The number of rotatable bonds is 3. The first-order chi connectivity index (χ1) is 9.16. The number of hydrogen-bond donors (Lipinski definition) is 2. The zero-order valence-corrected chi connectivity index (χ0v) is 11.0. The van der Waals surface area contributed by atoms with E-state index in [1.807, 2.05) is 18.2 Å². The van der Waals surface area contributed by atoms with Crippen LogP contribution in [0.15, 0.2) is 24.5 Å². The molecule has 5 heteroatoms. The quantitative estimate of drug-likeness (QED) is 0.826. The summed E-state index contributed by atoms with van der Waals surface area (Å²) in [5, 5.41) is 4.31. The van der Waals surface area contributed by atoms with Gasteiger partial charge in [0.15, 0.2) is 0 Å². The zero-order chi connectivity index (χ0) is 13.3. The van der Waals surface area contributed by atoms with Crippen LogP contribution >= 0.6 is 0 Å². The van der Waals surface area contributed by atoms with Crippen molar-refractivity contribution in [2.45, 2.75) is 25.4 Å². The minimum atomic E-state index is -0.0996. The summed E-state index contributed by atoms with van der Waals surface area (Å²) < 4.78 is 5.77. The first-order valence-electron chi connectivity index (χ1n) is 6.54. The minimum Gasteiger partial charge on any atom is -0.399 e. The molecule has 19 heavy (non-hydrogen) atoms. The normalized spacial score (nSPS) is 22.8. The number of nitrogen functional groups attached to an aromatic ring is 1. The van der Waals surface area contributed by atoms with Crippen LogP contribution in [0.25, 0.3) is 10.9 Å². The molecule has 0 amide bonds. The third kappa shape index (κ3) is 2.46. The molecule has 1 aliphatic rings. The van der Waals surface area contributed by atoms with Gasteiger partial charge in [-0.15, -0.1) is 0 Å². The van der Waals surface area contributed by atoms with Crippen LogP contribution in [0, 0.1) is 0 Å². The second-order valence-electron chi connectivity index (χ2n) is 5.25. The summed E-state index contributed by atoms with van der Waals surface area (Å²) in [6.45, 7) is 3.72. The highest BCUT2D eigenvalue weighted by molar-refractivity contribution is 5.91. The summed E-state index contributed by atoms with van der Waals surface area (Å²) in [6, 6.07) is 5.65. The van der Waals surface area contributed by atoms with Crippen molar-refractivity contribution < 1.29 is 4.74 Å². The van der Waals surface area contributed by atoms with E-state index in [0.717, 1.165) is 42.7 Å². The lowest BCUT2D eigenvalue weighted by Crippen LogP contribution is -2.32. The Kier molecular flexibility index (Phi) is 2.98. The lowest BCUT2D eigenvalue weighted by atomic mass is 10.0. The van der Waals surface area contributed by atoms with Crippen LogP contribution in [-0.4, -0.2) is 28.7 Å². The molecular weight excluding hydrogens is 240 g/mol. The number of ether oxygens (including phenoxy) is 1. The first-order valence-corrected chi connectivity index (χ1v) is 6.54. The SMILES string of the molecule is CC1(CNc2ncnc3ccc(N)cc23)CCCO1. The zero-order valence-electron chi connectivity index (χ0n) is 11.0. The Labute approximate surface area is 112 Å². The molecule has 5 nitrogen and oxygen atoms in total. The summed E-state index contributed by atoms with van der Waals surface area (Å²) >= 11 is 0.